The molecule has 0 fully saturated rings. The molecule has 0 bridgehead atoms. The van der Waals surface area contributed by atoms with Gasteiger partial charge in [0, 0.05) is 12.8 Å². The minimum Gasteiger partial charge on any atom is -0.268 e. The number of nitrogens with zero attached hydrogens (tertiary/aromatic N) is 2. The first-order valence-electron chi connectivity index (χ1n) is 5.04. The van der Waals surface area contributed by atoms with Crippen LogP contribution in [0, 0.1) is 0 Å². The van der Waals surface area contributed by atoms with E-state index in [0.29, 0.717) is 0 Å². The monoisotopic (exact) mass is 169 g/mol. The quantitative estimate of drug-likeness (QED) is 0.568. The van der Waals surface area contributed by atoms with Crippen LogP contribution in [0.4, 0.5) is 0 Å². The van der Waals surface area contributed by atoms with Crippen molar-refractivity contribution in [3.8, 4) is 0 Å². The van der Waals surface area contributed by atoms with Crippen molar-refractivity contribution in [1.82, 2.24) is 4.90 Å². The Kier molecular flexibility index (Phi) is 3.12. The van der Waals surface area contributed by atoms with Gasteiger partial charge >= 0.3 is 0 Å². The first kappa shape index (κ1) is 9.56. The molecule has 1 atom stereocenters. The van der Waals surface area contributed by atoms with Crippen molar-refractivity contribution >= 4 is 5.84 Å². The molecule has 0 N–H and O–H groups in total. The molecule has 0 aromatic rings. The molecule has 2 heteroatoms. The van der Waals surface area contributed by atoms with Crippen molar-refractivity contribution in [1.29, 1.82) is 0 Å². The van der Waals surface area contributed by atoms with Crippen LogP contribution in [-0.4, -0.2) is 41.5 Å². The van der Waals surface area contributed by atoms with Gasteiger partial charge in [0.1, 0.15) is 0 Å². The Morgan fingerprint density at radius 3 is 2.58 bits per heavy atom. The molecule has 1 heterocycles. The summed E-state index contributed by atoms with van der Waals surface area (Å²) in [5, 5.41) is 0. The third-order valence-electron chi connectivity index (χ3n) is 2.84. The van der Waals surface area contributed by atoms with Gasteiger partial charge in [-0.3, -0.25) is 9.48 Å². The fourth-order valence-electron chi connectivity index (χ4n) is 2.11. The Bertz CT molecular complexity index is 184. The lowest BCUT2D eigenvalue weighted by atomic mass is 10.1. The second kappa shape index (κ2) is 3.92. The average molecular weight is 169 g/mol. The first-order valence-corrected chi connectivity index (χ1v) is 5.04. The maximum absolute atomic E-state index is 2.52. The van der Waals surface area contributed by atoms with E-state index in [9.17, 15) is 0 Å². The van der Waals surface area contributed by atoms with Crippen molar-refractivity contribution in [3.05, 3.63) is 0 Å². The highest BCUT2D eigenvalue weighted by Gasteiger charge is 2.28. The Hall–Kier alpha value is -0.530. The number of rotatable bonds is 2. The largest absolute Gasteiger partial charge is 0.268 e. The van der Waals surface area contributed by atoms with Crippen molar-refractivity contribution < 1.29 is 4.58 Å². The molecule has 2 nitrogen and oxygen atoms in total. The van der Waals surface area contributed by atoms with E-state index >= 15 is 0 Å². The molecule has 0 aromatic carbocycles. The van der Waals surface area contributed by atoms with Gasteiger partial charge in [-0.25, -0.2) is 0 Å². The summed E-state index contributed by atoms with van der Waals surface area (Å²) in [7, 11) is 2.20. The lowest BCUT2D eigenvalue weighted by Gasteiger charge is -2.29. The molecule has 12 heavy (non-hydrogen) atoms. The van der Waals surface area contributed by atoms with E-state index in [1.165, 1.54) is 18.8 Å². The molecule has 1 aliphatic heterocycles. The summed E-state index contributed by atoms with van der Waals surface area (Å²) in [5.41, 5.74) is 0. The molecule has 70 valence electrons. The highest BCUT2D eigenvalue weighted by molar-refractivity contribution is 5.77. The van der Waals surface area contributed by atoms with Gasteiger partial charge in [0.25, 0.3) is 0 Å². The van der Waals surface area contributed by atoms with Crippen LogP contribution in [0.3, 0.4) is 0 Å². The van der Waals surface area contributed by atoms with Crippen LogP contribution in [0.5, 0.6) is 0 Å². The second-order valence-electron chi connectivity index (χ2n) is 3.62. The Morgan fingerprint density at radius 1 is 1.50 bits per heavy atom. The average Bonchev–Trinajstić information content (AvgIpc) is 2.08. The van der Waals surface area contributed by atoms with Gasteiger partial charge < -0.3 is 0 Å². The van der Waals surface area contributed by atoms with E-state index in [2.05, 4.69) is 37.3 Å². The predicted octanol–water partition coefficient (Wildman–Crippen LogP) is 1.55. The van der Waals surface area contributed by atoms with Gasteiger partial charge in [-0.1, -0.05) is 6.92 Å². The number of hydrogen-bond acceptors (Lipinski definition) is 1. The van der Waals surface area contributed by atoms with E-state index in [4.69, 9.17) is 0 Å². The lowest BCUT2D eigenvalue weighted by molar-refractivity contribution is -0.512. The fourth-order valence-corrected chi connectivity index (χ4v) is 2.11. The third-order valence-corrected chi connectivity index (χ3v) is 2.84. The zero-order valence-electron chi connectivity index (χ0n) is 8.80. The van der Waals surface area contributed by atoms with Crippen molar-refractivity contribution in [2.45, 2.75) is 39.7 Å². The summed E-state index contributed by atoms with van der Waals surface area (Å²) in [4.78, 5) is 2.52. The van der Waals surface area contributed by atoms with Gasteiger partial charge in [-0.15, -0.1) is 0 Å². The Morgan fingerprint density at radius 2 is 2.17 bits per heavy atom. The molecule has 1 rings (SSSR count). The Labute approximate surface area is 75.9 Å². The zero-order valence-corrected chi connectivity index (χ0v) is 8.80. The molecule has 0 aromatic heterocycles. The molecule has 0 saturated carbocycles. The van der Waals surface area contributed by atoms with E-state index < -0.39 is 0 Å². The maximum Gasteiger partial charge on any atom is 0.246 e. The van der Waals surface area contributed by atoms with Crippen LogP contribution in [0.15, 0.2) is 0 Å². The highest BCUT2D eigenvalue weighted by atomic mass is 15.3. The minimum atomic E-state index is 0.737. The molecule has 1 unspecified atom stereocenters. The minimum absolute atomic E-state index is 0.737. The van der Waals surface area contributed by atoms with Crippen molar-refractivity contribution in [3.63, 3.8) is 0 Å². The Balaban J connectivity index is 2.83. The van der Waals surface area contributed by atoms with E-state index in [1.807, 2.05) is 0 Å². The summed E-state index contributed by atoms with van der Waals surface area (Å²) in [6, 6.07) is 0.737. The van der Waals surface area contributed by atoms with E-state index in [-0.39, 0.29) is 0 Å². The second-order valence-corrected chi connectivity index (χ2v) is 3.62. The fraction of sp³-hybridized carbons (Fsp3) is 0.900. The smallest absolute Gasteiger partial charge is 0.246 e. The zero-order chi connectivity index (χ0) is 9.14. The third kappa shape index (κ3) is 1.62. The van der Waals surface area contributed by atoms with Crippen LogP contribution in [-0.2, 0) is 0 Å². The predicted molar refractivity (Wildman–Crippen MR) is 52.8 cm³/mol. The molecular weight excluding hydrogens is 148 g/mol. The molecular formula is C10H21N2+. The lowest BCUT2D eigenvalue weighted by Crippen LogP contribution is -2.47. The number of amidine groups is 1. The summed E-state index contributed by atoms with van der Waals surface area (Å²) in [6.07, 6.45) is 2.46. The van der Waals surface area contributed by atoms with Crippen LogP contribution in [0.25, 0.3) is 0 Å². The SMILES string of the molecule is CCC1=[N+](C)CCC(C)N1CC. The van der Waals surface area contributed by atoms with E-state index in [1.54, 1.807) is 0 Å². The molecule has 0 spiro atoms. The van der Waals surface area contributed by atoms with Gasteiger partial charge in [0.2, 0.25) is 5.84 Å². The van der Waals surface area contributed by atoms with Crippen molar-refractivity contribution in [2.24, 2.45) is 0 Å². The van der Waals surface area contributed by atoms with Gasteiger partial charge in [-0.2, -0.15) is 0 Å². The molecule has 0 aliphatic carbocycles. The summed E-state index contributed by atoms with van der Waals surface area (Å²) >= 11 is 0. The normalized spacial score (nSPS) is 25.0. The molecule has 0 amide bonds. The van der Waals surface area contributed by atoms with Crippen LogP contribution in [0.1, 0.15) is 33.6 Å². The van der Waals surface area contributed by atoms with Gasteiger partial charge in [0.15, 0.2) is 0 Å². The van der Waals surface area contributed by atoms with E-state index in [0.717, 1.165) is 19.0 Å². The number of hydrogen-bond donors (Lipinski definition) is 0. The summed E-state index contributed by atoms with van der Waals surface area (Å²) in [5.74, 6) is 1.51. The molecule has 1 aliphatic rings. The highest BCUT2D eigenvalue weighted by Crippen LogP contribution is 2.11. The van der Waals surface area contributed by atoms with Crippen LogP contribution >= 0.6 is 0 Å². The van der Waals surface area contributed by atoms with Crippen LogP contribution in [0.2, 0.25) is 0 Å². The first-order chi connectivity index (χ1) is 5.70. The topological polar surface area (TPSA) is 6.25 Å². The summed E-state index contributed by atoms with van der Waals surface area (Å²) < 4.78 is 2.39. The summed E-state index contributed by atoms with van der Waals surface area (Å²) in [6.45, 7) is 9.18. The molecule has 0 radical (unpaired) electrons. The standard InChI is InChI=1S/C10H21N2/c1-5-10-11(4)8-7-9(3)12(10)6-2/h9H,5-8H2,1-4H3/q+1. The van der Waals surface area contributed by atoms with Crippen LogP contribution < -0.4 is 0 Å². The maximum atomic E-state index is 2.52. The molecule has 0 saturated heterocycles. The van der Waals surface area contributed by atoms with Crippen molar-refractivity contribution in [2.75, 3.05) is 20.1 Å². The van der Waals surface area contributed by atoms with Gasteiger partial charge in [0.05, 0.1) is 26.2 Å². The van der Waals surface area contributed by atoms with Gasteiger partial charge in [-0.05, 0) is 13.8 Å².